The van der Waals surface area contributed by atoms with Crippen LogP contribution in [0.1, 0.15) is 26.2 Å². The van der Waals surface area contributed by atoms with Gasteiger partial charge >= 0.3 is 0 Å². The predicted molar refractivity (Wildman–Crippen MR) is 77.4 cm³/mol. The van der Waals surface area contributed by atoms with Gasteiger partial charge in [-0.25, -0.2) is 0 Å². The lowest BCUT2D eigenvalue weighted by Gasteiger charge is -2.41. The van der Waals surface area contributed by atoms with Crippen molar-refractivity contribution in [2.45, 2.75) is 48.0 Å². The van der Waals surface area contributed by atoms with E-state index in [1.165, 1.54) is 0 Å². The lowest BCUT2D eigenvalue weighted by atomic mass is 9.89. The van der Waals surface area contributed by atoms with Gasteiger partial charge in [0.05, 0.1) is 17.0 Å². The van der Waals surface area contributed by atoms with Crippen LogP contribution in [0.25, 0.3) is 0 Å². The fraction of sp³-hybridized carbons (Fsp3) is 0.600. The van der Waals surface area contributed by atoms with Crippen LogP contribution < -0.4 is 0 Å². The number of hydrogen-bond acceptors (Lipinski definition) is 4. The fourth-order valence-corrected chi connectivity index (χ4v) is 3.85. The maximum Gasteiger partial charge on any atom is 0.0716 e. The molecule has 1 heterocycles. The Morgan fingerprint density at radius 2 is 1.84 bits per heavy atom. The number of aliphatic hydroxyl groups is 2. The van der Waals surface area contributed by atoms with Crippen LogP contribution >= 0.6 is 11.8 Å². The van der Waals surface area contributed by atoms with Crippen molar-refractivity contribution in [2.75, 3.05) is 13.2 Å². The van der Waals surface area contributed by atoms with Gasteiger partial charge in [-0.2, -0.15) is 0 Å². The zero-order valence-electron chi connectivity index (χ0n) is 11.3. The third-order valence-electron chi connectivity index (χ3n) is 3.58. The molecule has 1 fully saturated rings. The second-order valence-corrected chi connectivity index (χ2v) is 6.68. The fourth-order valence-electron chi connectivity index (χ4n) is 2.48. The molecule has 1 aromatic carbocycles. The lowest BCUT2D eigenvalue weighted by Crippen LogP contribution is -2.45. The van der Waals surface area contributed by atoms with Crippen LogP contribution in [0.15, 0.2) is 35.2 Å². The van der Waals surface area contributed by atoms with Crippen molar-refractivity contribution in [3.05, 3.63) is 30.3 Å². The summed E-state index contributed by atoms with van der Waals surface area (Å²) < 4.78 is 5.19. The Morgan fingerprint density at radius 1 is 1.21 bits per heavy atom. The minimum Gasteiger partial charge on any atom is -0.393 e. The molecule has 106 valence electrons. The van der Waals surface area contributed by atoms with Crippen molar-refractivity contribution in [3.8, 4) is 0 Å². The van der Waals surface area contributed by atoms with Crippen LogP contribution in [0.5, 0.6) is 0 Å². The van der Waals surface area contributed by atoms with E-state index in [1.807, 2.05) is 18.2 Å². The third-order valence-corrected chi connectivity index (χ3v) is 5.17. The first kappa shape index (κ1) is 14.9. The van der Waals surface area contributed by atoms with Gasteiger partial charge in [0.25, 0.3) is 0 Å². The second kappa shape index (κ2) is 6.75. The van der Waals surface area contributed by atoms with E-state index in [2.05, 4.69) is 12.1 Å². The maximum atomic E-state index is 10.5. The highest BCUT2D eigenvalue weighted by Gasteiger charge is 2.40. The molecule has 0 spiro atoms. The van der Waals surface area contributed by atoms with Crippen LogP contribution in [0.4, 0.5) is 0 Å². The van der Waals surface area contributed by atoms with Gasteiger partial charge in [-0.1, -0.05) is 18.2 Å². The van der Waals surface area contributed by atoms with Crippen molar-refractivity contribution in [2.24, 2.45) is 0 Å². The molecule has 0 aromatic heterocycles. The number of hydrogen-bond donors (Lipinski definition) is 2. The Kier molecular flexibility index (Phi) is 5.28. The average Bonchev–Trinajstić information content (AvgIpc) is 2.40. The first-order chi connectivity index (χ1) is 9.12. The van der Waals surface area contributed by atoms with Gasteiger partial charge in [-0.05, 0) is 31.9 Å². The van der Waals surface area contributed by atoms with Gasteiger partial charge in [0.15, 0.2) is 0 Å². The second-order valence-electron chi connectivity index (χ2n) is 5.19. The topological polar surface area (TPSA) is 49.7 Å². The molecule has 1 aliphatic heterocycles. The highest BCUT2D eigenvalue weighted by atomic mass is 32.2. The largest absolute Gasteiger partial charge is 0.393 e. The van der Waals surface area contributed by atoms with Crippen LogP contribution in [-0.4, -0.2) is 40.4 Å². The highest BCUT2D eigenvalue weighted by Crippen LogP contribution is 2.44. The van der Waals surface area contributed by atoms with Crippen molar-refractivity contribution in [1.29, 1.82) is 0 Å². The molecule has 0 aliphatic carbocycles. The van der Waals surface area contributed by atoms with Crippen LogP contribution in [0.2, 0.25) is 0 Å². The summed E-state index contributed by atoms with van der Waals surface area (Å²) in [6, 6.07) is 10.1. The van der Waals surface area contributed by atoms with Crippen LogP contribution in [-0.2, 0) is 4.74 Å². The number of rotatable bonds is 5. The van der Waals surface area contributed by atoms with Gasteiger partial charge < -0.3 is 14.9 Å². The first-order valence-electron chi connectivity index (χ1n) is 6.80. The minimum absolute atomic E-state index is 0.239. The molecule has 4 heteroatoms. The van der Waals surface area contributed by atoms with E-state index in [0.717, 1.165) is 17.7 Å². The molecule has 1 saturated heterocycles. The van der Waals surface area contributed by atoms with E-state index in [9.17, 15) is 10.2 Å². The molecule has 0 unspecified atom stereocenters. The standard InChI is InChI=1S/C15H22O3S/c1-12(16)11-14(17)15(7-9-18-10-8-15)19-13-5-3-2-4-6-13/h2-6,12,14,16-17H,7-11H2,1H3/t12-,14+/m1/s1. The smallest absolute Gasteiger partial charge is 0.0716 e. The number of thioether (sulfide) groups is 1. The summed E-state index contributed by atoms with van der Waals surface area (Å²) in [7, 11) is 0. The quantitative estimate of drug-likeness (QED) is 0.871. The monoisotopic (exact) mass is 282 g/mol. The lowest BCUT2D eigenvalue weighted by molar-refractivity contribution is 0.00581. The minimum atomic E-state index is -0.512. The summed E-state index contributed by atoms with van der Waals surface area (Å²) in [4.78, 5) is 1.16. The van der Waals surface area contributed by atoms with E-state index in [-0.39, 0.29) is 4.75 Å². The molecule has 0 radical (unpaired) electrons. The molecule has 2 rings (SSSR count). The summed E-state index contributed by atoms with van der Waals surface area (Å²) in [5.74, 6) is 0. The van der Waals surface area contributed by atoms with Crippen LogP contribution in [0, 0.1) is 0 Å². The molecule has 19 heavy (non-hydrogen) atoms. The van der Waals surface area contributed by atoms with Crippen molar-refractivity contribution in [1.82, 2.24) is 0 Å². The molecule has 0 amide bonds. The number of aliphatic hydroxyl groups excluding tert-OH is 2. The number of benzene rings is 1. The number of ether oxygens (including phenoxy) is 1. The van der Waals surface area contributed by atoms with Crippen molar-refractivity contribution >= 4 is 11.8 Å². The van der Waals surface area contributed by atoms with Crippen molar-refractivity contribution in [3.63, 3.8) is 0 Å². The maximum absolute atomic E-state index is 10.5. The molecule has 0 saturated carbocycles. The Bertz CT molecular complexity index is 374. The highest BCUT2D eigenvalue weighted by molar-refractivity contribution is 8.00. The Hall–Kier alpha value is -0.550. The zero-order chi connectivity index (χ0) is 13.7. The summed E-state index contributed by atoms with van der Waals surface area (Å²) in [5.41, 5.74) is 0. The van der Waals surface area contributed by atoms with E-state index in [0.29, 0.717) is 19.6 Å². The van der Waals surface area contributed by atoms with Crippen molar-refractivity contribution < 1.29 is 14.9 Å². The Labute approximate surface area is 119 Å². The molecule has 1 aliphatic rings. The molecular weight excluding hydrogens is 260 g/mol. The summed E-state index contributed by atoms with van der Waals surface area (Å²) >= 11 is 1.72. The van der Waals surface area contributed by atoms with E-state index in [4.69, 9.17) is 4.74 Å². The van der Waals surface area contributed by atoms with E-state index >= 15 is 0 Å². The van der Waals surface area contributed by atoms with Crippen LogP contribution in [0.3, 0.4) is 0 Å². The molecule has 2 N–H and O–H groups in total. The van der Waals surface area contributed by atoms with Gasteiger partial charge in [0, 0.05) is 24.5 Å². The summed E-state index contributed by atoms with van der Waals surface area (Å²) in [6.07, 6.45) is 1.06. The zero-order valence-corrected chi connectivity index (χ0v) is 12.1. The van der Waals surface area contributed by atoms with E-state index in [1.54, 1.807) is 18.7 Å². The SMILES string of the molecule is C[C@@H](O)C[C@H](O)C1(Sc2ccccc2)CCOCC1. The van der Waals surface area contributed by atoms with Gasteiger partial charge in [-0.3, -0.25) is 0 Å². The third kappa shape index (κ3) is 3.96. The molecule has 1 aromatic rings. The average molecular weight is 282 g/mol. The summed E-state index contributed by atoms with van der Waals surface area (Å²) in [6.45, 7) is 3.08. The van der Waals surface area contributed by atoms with Gasteiger partial charge in [-0.15, -0.1) is 11.8 Å². The normalized spacial score (nSPS) is 21.8. The predicted octanol–water partition coefficient (Wildman–Crippen LogP) is 2.46. The molecule has 2 atom stereocenters. The first-order valence-corrected chi connectivity index (χ1v) is 7.62. The van der Waals surface area contributed by atoms with Gasteiger partial charge in [0.1, 0.15) is 0 Å². The Morgan fingerprint density at radius 3 is 2.42 bits per heavy atom. The van der Waals surface area contributed by atoms with E-state index < -0.39 is 12.2 Å². The molecule has 3 nitrogen and oxygen atoms in total. The summed E-state index contributed by atoms with van der Waals surface area (Å²) in [5, 5.41) is 20.1. The van der Waals surface area contributed by atoms with Gasteiger partial charge in [0.2, 0.25) is 0 Å². The Balaban J connectivity index is 2.14. The molecular formula is C15H22O3S. The molecule has 0 bridgehead atoms.